The highest BCUT2D eigenvalue weighted by molar-refractivity contribution is 7.61. The molecule has 0 amide bonds. The van der Waals surface area contributed by atoms with Crippen molar-refractivity contribution in [3.8, 4) is 0 Å². The van der Waals surface area contributed by atoms with Gasteiger partial charge in [0.05, 0.1) is 0 Å². The summed E-state index contributed by atoms with van der Waals surface area (Å²) in [6.07, 6.45) is 0. The fourth-order valence-corrected chi connectivity index (χ4v) is 4.64. The van der Waals surface area contributed by atoms with Gasteiger partial charge in [0.15, 0.2) is 0 Å². The van der Waals surface area contributed by atoms with Crippen molar-refractivity contribution in [2.24, 2.45) is 0 Å². The lowest BCUT2D eigenvalue weighted by atomic mass is 9.96. The molecule has 1 nitrogen and oxygen atoms in total. The fourth-order valence-electron chi connectivity index (χ4n) is 3.12. The van der Waals surface area contributed by atoms with Crippen LogP contribution in [-0.4, -0.2) is 0 Å². The molecule has 0 atom stereocenters. The highest BCUT2D eigenvalue weighted by atomic mass is 31.1. The predicted molar refractivity (Wildman–Crippen MR) is 118 cm³/mol. The highest BCUT2D eigenvalue weighted by Crippen LogP contribution is 2.29. The molecule has 0 heterocycles. The van der Waals surface area contributed by atoms with Gasteiger partial charge in [-0.2, -0.15) is 0 Å². The molecular weight excluding hydrogens is 335 g/mol. The summed E-state index contributed by atoms with van der Waals surface area (Å²) in [5.41, 5.74) is 5.14. The Morgan fingerprint density at radius 2 is 0.731 bits per heavy atom. The summed E-state index contributed by atoms with van der Waals surface area (Å²) in [6, 6.07) is 13.2. The summed E-state index contributed by atoms with van der Waals surface area (Å²) >= 11 is 0. The monoisotopic (exact) mass is 370 g/mol. The molecule has 0 aliphatic rings. The average Bonchev–Trinajstić information content (AvgIpc) is 2.59. The van der Waals surface area contributed by atoms with Crippen molar-refractivity contribution in [3.63, 3.8) is 0 Å². The normalized spacial score (nSPS) is 12.2. The number of benzene rings is 2. The molecule has 0 unspecified atom stereocenters. The molecule has 2 aromatic carbocycles. The Morgan fingerprint density at radius 1 is 0.500 bits per heavy atom. The summed E-state index contributed by atoms with van der Waals surface area (Å²) in [4.78, 5) is 0. The third-order valence-electron chi connectivity index (χ3n) is 5.15. The van der Waals surface area contributed by atoms with Gasteiger partial charge in [-0.15, -0.1) is 0 Å². The quantitative estimate of drug-likeness (QED) is 0.518. The van der Waals surface area contributed by atoms with Crippen LogP contribution in [0.25, 0.3) is 0 Å². The topological polar surface area (TPSA) is 17.1 Å². The molecule has 0 aliphatic carbocycles. The van der Waals surface area contributed by atoms with Crippen molar-refractivity contribution < 1.29 is 4.57 Å². The fraction of sp³-hybridized carbons (Fsp3) is 0.500. The Morgan fingerprint density at radius 3 is 0.923 bits per heavy atom. The Kier molecular flexibility index (Phi) is 6.92. The van der Waals surface area contributed by atoms with Crippen LogP contribution in [0.3, 0.4) is 0 Å². The lowest BCUT2D eigenvalue weighted by molar-refractivity contribution is 0.598. The second-order valence-corrected chi connectivity index (χ2v) is 10.5. The van der Waals surface area contributed by atoms with Crippen molar-refractivity contribution in [3.05, 3.63) is 58.7 Å². The Bertz CT molecular complexity index is 667. The molecule has 2 rings (SSSR count). The molecule has 142 valence electrons. The number of hydrogen-bond acceptors (Lipinski definition) is 1. The van der Waals surface area contributed by atoms with Crippen LogP contribution in [0.1, 0.15) is 101 Å². The molecule has 2 aromatic rings. The van der Waals surface area contributed by atoms with E-state index in [1.54, 1.807) is 0 Å². The maximum Gasteiger partial charge on any atom is 0.131 e. The first-order valence-corrected chi connectivity index (χ1v) is 11.3. The van der Waals surface area contributed by atoms with Crippen LogP contribution in [0.15, 0.2) is 36.4 Å². The molecule has 0 bridgehead atoms. The predicted octanol–water partition coefficient (Wildman–Crippen LogP) is 6.69. The van der Waals surface area contributed by atoms with Crippen LogP contribution in [0.5, 0.6) is 0 Å². The summed E-state index contributed by atoms with van der Waals surface area (Å²) in [6.45, 7) is 17.6. The van der Waals surface area contributed by atoms with Gasteiger partial charge >= 0.3 is 0 Å². The zero-order chi connectivity index (χ0) is 19.6. The van der Waals surface area contributed by atoms with E-state index in [1.165, 1.54) is 22.3 Å². The number of rotatable bonds is 6. The molecule has 2 heteroatoms. The minimum absolute atomic E-state index is 0.440. The number of hydrogen-bond donors (Lipinski definition) is 0. The van der Waals surface area contributed by atoms with Gasteiger partial charge in [-0.25, -0.2) is 0 Å². The first kappa shape index (κ1) is 21.0. The molecule has 0 aliphatic heterocycles. The maximum absolute atomic E-state index is 13.5. The van der Waals surface area contributed by atoms with Crippen LogP contribution in [0.2, 0.25) is 0 Å². The van der Waals surface area contributed by atoms with Crippen LogP contribution in [0.4, 0.5) is 0 Å². The van der Waals surface area contributed by atoms with Gasteiger partial charge in [-0.05, 0) is 70.2 Å². The van der Waals surface area contributed by atoms with Gasteiger partial charge in [-0.3, -0.25) is 0 Å². The molecule has 0 aromatic heterocycles. The van der Waals surface area contributed by atoms with Crippen LogP contribution in [-0.2, 0) is 4.57 Å². The zero-order valence-corrected chi connectivity index (χ0v) is 18.7. The third-order valence-corrected chi connectivity index (χ3v) is 6.77. The van der Waals surface area contributed by atoms with E-state index in [0.717, 1.165) is 10.6 Å². The average molecular weight is 371 g/mol. The summed E-state index contributed by atoms with van der Waals surface area (Å²) in [5.74, 6) is 1.76. The Hall–Kier alpha value is -1.33. The first-order valence-electron chi connectivity index (χ1n) is 9.94. The van der Waals surface area contributed by atoms with E-state index in [9.17, 15) is 4.57 Å². The van der Waals surface area contributed by atoms with Gasteiger partial charge in [0, 0.05) is 10.6 Å². The van der Waals surface area contributed by atoms with E-state index in [-0.39, 0.29) is 0 Å². The largest absolute Gasteiger partial charge is 0.317 e. The Balaban J connectivity index is 2.58. The summed E-state index contributed by atoms with van der Waals surface area (Å²) < 4.78 is 13.5. The van der Waals surface area contributed by atoms with E-state index in [0.29, 0.717) is 23.7 Å². The lowest BCUT2D eigenvalue weighted by Crippen LogP contribution is -2.12. The summed E-state index contributed by atoms with van der Waals surface area (Å²) in [7, 11) is -2.02. The molecule has 0 saturated carbocycles. The first-order chi connectivity index (χ1) is 12.1. The molecule has 0 radical (unpaired) electrons. The molecule has 26 heavy (non-hydrogen) atoms. The van der Waals surface area contributed by atoms with Gasteiger partial charge in [0.1, 0.15) is 7.80 Å². The van der Waals surface area contributed by atoms with Crippen LogP contribution < -0.4 is 10.6 Å². The standard InChI is InChI=1S/C24H35OP/c1-15(2)19-9-20(16(3)4)12-23(11-19)26(25)24-13-21(17(5)6)10-22(14-24)18(7)8/h9-18,26H,1-8H3. The van der Waals surface area contributed by atoms with Gasteiger partial charge in [-0.1, -0.05) is 67.5 Å². The van der Waals surface area contributed by atoms with Crippen molar-refractivity contribution >= 4 is 18.4 Å². The van der Waals surface area contributed by atoms with Crippen molar-refractivity contribution in [1.29, 1.82) is 0 Å². The molecule has 0 saturated heterocycles. The summed E-state index contributed by atoms with van der Waals surface area (Å²) in [5, 5.41) is 2.00. The van der Waals surface area contributed by atoms with Crippen molar-refractivity contribution in [2.45, 2.75) is 79.1 Å². The SMILES string of the molecule is CC(C)c1cc(C(C)C)cc([PH](=O)c2cc(C(C)C)cc(C(C)C)c2)c1. The van der Waals surface area contributed by atoms with E-state index >= 15 is 0 Å². The lowest BCUT2D eigenvalue weighted by Gasteiger charge is -2.17. The molecule has 0 fully saturated rings. The third kappa shape index (κ3) is 4.89. The minimum Gasteiger partial charge on any atom is -0.317 e. The molecule has 0 N–H and O–H groups in total. The molecular formula is C24H35OP. The van der Waals surface area contributed by atoms with Crippen molar-refractivity contribution in [1.82, 2.24) is 0 Å². The van der Waals surface area contributed by atoms with E-state index in [4.69, 9.17) is 0 Å². The van der Waals surface area contributed by atoms with Gasteiger partial charge < -0.3 is 4.57 Å². The maximum atomic E-state index is 13.5. The van der Waals surface area contributed by atoms with Crippen molar-refractivity contribution in [2.75, 3.05) is 0 Å². The zero-order valence-electron chi connectivity index (χ0n) is 17.7. The highest BCUT2D eigenvalue weighted by Gasteiger charge is 2.15. The second kappa shape index (κ2) is 8.57. The van der Waals surface area contributed by atoms with Gasteiger partial charge in [0.2, 0.25) is 0 Å². The van der Waals surface area contributed by atoms with E-state index < -0.39 is 7.80 Å². The smallest absolute Gasteiger partial charge is 0.131 e. The van der Waals surface area contributed by atoms with Gasteiger partial charge in [0.25, 0.3) is 0 Å². The van der Waals surface area contributed by atoms with Crippen LogP contribution in [0, 0.1) is 0 Å². The van der Waals surface area contributed by atoms with E-state index in [1.807, 2.05) is 0 Å². The van der Waals surface area contributed by atoms with Crippen LogP contribution >= 0.6 is 7.80 Å². The second-order valence-electron chi connectivity index (χ2n) is 8.72. The molecule has 0 spiro atoms. The Labute approximate surface area is 161 Å². The minimum atomic E-state index is -2.02. The van der Waals surface area contributed by atoms with E-state index in [2.05, 4.69) is 91.8 Å².